The predicted octanol–water partition coefficient (Wildman–Crippen LogP) is 2.44. The fourth-order valence-electron chi connectivity index (χ4n) is 2.72. The Morgan fingerprint density at radius 3 is 2.64 bits per heavy atom. The molecule has 1 aliphatic heterocycles. The molecule has 22 heavy (non-hydrogen) atoms. The minimum Gasteiger partial charge on any atom is -0.378 e. The molecule has 0 radical (unpaired) electrons. The van der Waals surface area contributed by atoms with Crippen LogP contribution in [0.1, 0.15) is 16.1 Å². The number of amides is 1. The zero-order chi connectivity index (χ0) is 15.7. The van der Waals surface area contributed by atoms with Gasteiger partial charge in [-0.1, -0.05) is 0 Å². The van der Waals surface area contributed by atoms with Gasteiger partial charge >= 0.3 is 0 Å². The van der Waals surface area contributed by atoms with E-state index in [1.807, 2.05) is 22.9 Å². The lowest BCUT2D eigenvalue weighted by atomic mass is 10.1. The van der Waals surface area contributed by atoms with Crippen LogP contribution in [0.5, 0.6) is 0 Å². The van der Waals surface area contributed by atoms with E-state index < -0.39 is 17.5 Å². The molecular formula is C16H16F2N2O2. The third-order valence-electron chi connectivity index (χ3n) is 3.83. The molecule has 0 saturated carbocycles. The van der Waals surface area contributed by atoms with Gasteiger partial charge in [-0.2, -0.15) is 0 Å². The number of ether oxygens (including phenoxy) is 1. The van der Waals surface area contributed by atoms with E-state index in [9.17, 15) is 13.6 Å². The predicted molar refractivity (Wildman–Crippen MR) is 76.3 cm³/mol. The van der Waals surface area contributed by atoms with Gasteiger partial charge in [-0.25, -0.2) is 8.78 Å². The zero-order valence-corrected chi connectivity index (χ0v) is 12.1. The molecule has 1 amide bonds. The molecule has 1 aliphatic rings. The summed E-state index contributed by atoms with van der Waals surface area (Å²) in [4.78, 5) is 14.1. The first-order chi connectivity index (χ1) is 10.6. The summed E-state index contributed by atoms with van der Waals surface area (Å²) in [7, 11) is 1.59. The molecule has 116 valence electrons. The number of hydrogen-bond donors (Lipinski definition) is 0. The number of carbonyl (C=O) groups excluding carboxylic acids is 1. The Bertz CT molecular complexity index is 679. The number of carbonyl (C=O) groups is 1. The minimum atomic E-state index is -0.759. The quantitative estimate of drug-likeness (QED) is 0.854. The van der Waals surface area contributed by atoms with Crippen molar-refractivity contribution in [3.05, 3.63) is 59.4 Å². The first kappa shape index (κ1) is 14.7. The SMILES string of the molecule is CO[C@@H]1CN(C(=O)c2cc(F)cc(F)c2)Cc2cccn2C1. The molecule has 0 bridgehead atoms. The summed E-state index contributed by atoms with van der Waals surface area (Å²) in [6.45, 7) is 1.39. The van der Waals surface area contributed by atoms with E-state index in [1.165, 1.54) is 0 Å². The van der Waals surface area contributed by atoms with E-state index in [-0.39, 0.29) is 11.7 Å². The molecule has 0 saturated heterocycles. The van der Waals surface area contributed by atoms with Crippen LogP contribution in [0.4, 0.5) is 8.78 Å². The van der Waals surface area contributed by atoms with Crippen molar-refractivity contribution in [1.29, 1.82) is 0 Å². The maximum atomic E-state index is 13.3. The van der Waals surface area contributed by atoms with Crippen LogP contribution in [0.3, 0.4) is 0 Å². The Balaban J connectivity index is 1.91. The van der Waals surface area contributed by atoms with Gasteiger partial charge in [0, 0.05) is 37.2 Å². The van der Waals surface area contributed by atoms with Crippen LogP contribution >= 0.6 is 0 Å². The Labute approximate surface area is 126 Å². The summed E-state index contributed by atoms with van der Waals surface area (Å²) >= 11 is 0. The lowest BCUT2D eigenvalue weighted by Crippen LogP contribution is -2.37. The maximum absolute atomic E-state index is 13.3. The number of aromatic nitrogens is 1. The van der Waals surface area contributed by atoms with Crippen molar-refractivity contribution >= 4 is 5.91 Å². The van der Waals surface area contributed by atoms with Crippen LogP contribution < -0.4 is 0 Å². The highest BCUT2D eigenvalue weighted by Gasteiger charge is 2.26. The number of fused-ring (bicyclic) bond motifs is 1. The minimum absolute atomic E-state index is 0.00681. The fraction of sp³-hybridized carbons (Fsp3) is 0.312. The summed E-state index contributed by atoms with van der Waals surface area (Å²) in [5.41, 5.74) is 0.970. The third kappa shape index (κ3) is 2.87. The van der Waals surface area contributed by atoms with E-state index in [0.717, 1.165) is 23.9 Å². The third-order valence-corrected chi connectivity index (χ3v) is 3.83. The molecule has 1 atom stereocenters. The topological polar surface area (TPSA) is 34.5 Å². The van der Waals surface area contributed by atoms with Crippen LogP contribution in [0, 0.1) is 11.6 Å². The van der Waals surface area contributed by atoms with E-state index in [0.29, 0.717) is 19.6 Å². The summed E-state index contributed by atoms with van der Waals surface area (Å²) in [5.74, 6) is -1.93. The van der Waals surface area contributed by atoms with Crippen LogP contribution in [0.2, 0.25) is 0 Å². The summed E-state index contributed by atoms with van der Waals surface area (Å²) in [5, 5.41) is 0. The van der Waals surface area contributed by atoms with Crippen molar-refractivity contribution in [2.75, 3.05) is 13.7 Å². The molecule has 2 aromatic rings. The van der Waals surface area contributed by atoms with Gasteiger partial charge in [-0.05, 0) is 24.3 Å². The Morgan fingerprint density at radius 2 is 1.95 bits per heavy atom. The molecule has 0 unspecified atom stereocenters. The Morgan fingerprint density at radius 1 is 1.23 bits per heavy atom. The second-order valence-electron chi connectivity index (χ2n) is 5.35. The van der Waals surface area contributed by atoms with Gasteiger partial charge in [0.2, 0.25) is 0 Å². The smallest absolute Gasteiger partial charge is 0.254 e. The first-order valence-corrected chi connectivity index (χ1v) is 6.99. The van der Waals surface area contributed by atoms with Gasteiger partial charge in [0.1, 0.15) is 11.6 Å². The molecule has 4 nitrogen and oxygen atoms in total. The number of halogens is 2. The molecule has 0 aliphatic carbocycles. The van der Waals surface area contributed by atoms with E-state index in [2.05, 4.69) is 0 Å². The number of benzene rings is 1. The number of hydrogen-bond acceptors (Lipinski definition) is 2. The van der Waals surface area contributed by atoms with Gasteiger partial charge in [0.15, 0.2) is 0 Å². The summed E-state index contributed by atoms with van der Waals surface area (Å²) in [6, 6.07) is 6.68. The van der Waals surface area contributed by atoms with Crippen molar-refractivity contribution in [2.45, 2.75) is 19.2 Å². The average molecular weight is 306 g/mol. The number of nitrogens with zero attached hydrogens (tertiary/aromatic N) is 2. The zero-order valence-electron chi connectivity index (χ0n) is 12.1. The van der Waals surface area contributed by atoms with Crippen molar-refractivity contribution < 1.29 is 18.3 Å². The van der Waals surface area contributed by atoms with Crippen LogP contribution in [-0.2, 0) is 17.8 Å². The summed E-state index contributed by atoms with van der Waals surface area (Å²) < 4.78 is 34.1. The van der Waals surface area contributed by atoms with Gasteiger partial charge < -0.3 is 14.2 Å². The monoisotopic (exact) mass is 306 g/mol. The van der Waals surface area contributed by atoms with Gasteiger partial charge in [-0.15, -0.1) is 0 Å². The lowest BCUT2D eigenvalue weighted by Gasteiger charge is -2.23. The second kappa shape index (κ2) is 5.88. The van der Waals surface area contributed by atoms with Crippen LogP contribution in [-0.4, -0.2) is 35.1 Å². The Hall–Kier alpha value is -2.21. The molecule has 0 fully saturated rings. The Kier molecular flexibility index (Phi) is 3.94. The normalized spacial score (nSPS) is 18.0. The first-order valence-electron chi connectivity index (χ1n) is 6.99. The average Bonchev–Trinajstić information content (AvgIpc) is 2.83. The van der Waals surface area contributed by atoms with Gasteiger partial charge in [0.05, 0.1) is 19.2 Å². The van der Waals surface area contributed by atoms with Gasteiger partial charge in [-0.3, -0.25) is 4.79 Å². The van der Waals surface area contributed by atoms with E-state index >= 15 is 0 Å². The van der Waals surface area contributed by atoms with Crippen LogP contribution in [0.25, 0.3) is 0 Å². The van der Waals surface area contributed by atoms with E-state index in [4.69, 9.17) is 4.74 Å². The molecule has 1 aromatic carbocycles. The molecule has 1 aromatic heterocycles. The molecule has 2 heterocycles. The molecule has 0 N–H and O–H groups in total. The van der Waals surface area contributed by atoms with Crippen molar-refractivity contribution in [1.82, 2.24) is 9.47 Å². The van der Waals surface area contributed by atoms with Gasteiger partial charge in [0.25, 0.3) is 5.91 Å². The largest absolute Gasteiger partial charge is 0.378 e. The maximum Gasteiger partial charge on any atom is 0.254 e. The van der Waals surface area contributed by atoms with Crippen molar-refractivity contribution in [3.8, 4) is 0 Å². The van der Waals surface area contributed by atoms with Crippen molar-refractivity contribution in [3.63, 3.8) is 0 Å². The summed E-state index contributed by atoms with van der Waals surface area (Å²) in [6.07, 6.45) is 1.76. The molecule has 3 rings (SSSR count). The van der Waals surface area contributed by atoms with E-state index in [1.54, 1.807) is 12.0 Å². The number of methoxy groups -OCH3 is 1. The highest BCUT2D eigenvalue weighted by Crippen LogP contribution is 2.18. The standard InChI is InChI=1S/C16H16F2N2O2/c1-22-15-9-19-4-2-3-14(19)8-20(10-15)16(21)11-5-12(17)7-13(18)6-11/h2-7,15H,8-10H2,1H3/t15-/m0/s1. The molecule has 6 heteroatoms. The molecular weight excluding hydrogens is 290 g/mol. The second-order valence-corrected chi connectivity index (χ2v) is 5.35. The highest BCUT2D eigenvalue weighted by molar-refractivity contribution is 5.94. The lowest BCUT2D eigenvalue weighted by molar-refractivity contribution is 0.0458. The molecule has 0 spiro atoms. The highest BCUT2D eigenvalue weighted by atomic mass is 19.1. The van der Waals surface area contributed by atoms with Crippen LogP contribution in [0.15, 0.2) is 36.5 Å². The van der Waals surface area contributed by atoms with Crippen molar-refractivity contribution in [2.24, 2.45) is 0 Å². The fourth-order valence-corrected chi connectivity index (χ4v) is 2.72. The number of rotatable bonds is 2.